The molecule has 1 aromatic carbocycles. The first kappa shape index (κ1) is 19.9. The second-order valence-electron chi connectivity index (χ2n) is 5.99. The molecule has 1 unspecified atom stereocenters. The van der Waals surface area contributed by atoms with Crippen molar-refractivity contribution in [1.82, 2.24) is 4.90 Å². The minimum Gasteiger partial charge on any atom is -0.450 e. The normalized spacial score (nSPS) is 17.5. The second kappa shape index (κ2) is 8.77. The SMILES string of the molecule is CCOC(=O)N1CCCC(C(=O)Nc2ccccc2NCC(F)(F)F)C1. The lowest BCUT2D eigenvalue weighted by Crippen LogP contribution is -2.44. The molecule has 0 spiro atoms. The zero-order chi connectivity index (χ0) is 19.2. The fourth-order valence-electron chi connectivity index (χ4n) is 2.75. The average Bonchev–Trinajstić information content (AvgIpc) is 2.60. The molecule has 0 radical (unpaired) electrons. The molecular weight excluding hydrogens is 351 g/mol. The Kier molecular flexibility index (Phi) is 6.70. The minimum atomic E-state index is -4.36. The van der Waals surface area contributed by atoms with Gasteiger partial charge in [0.15, 0.2) is 0 Å². The van der Waals surface area contributed by atoms with Crippen molar-refractivity contribution in [1.29, 1.82) is 0 Å². The van der Waals surface area contributed by atoms with E-state index in [4.69, 9.17) is 4.74 Å². The van der Waals surface area contributed by atoms with Gasteiger partial charge in [0.05, 0.1) is 23.9 Å². The molecule has 9 heteroatoms. The molecule has 144 valence electrons. The Morgan fingerprint density at radius 2 is 1.96 bits per heavy atom. The number of likely N-dealkylation sites (tertiary alicyclic amines) is 1. The summed E-state index contributed by atoms with van der Waals surface area (Å²) in [7, 11) is 0. The summed E-state index contributed by atoms with van der Waals surface area (Å²) in [5.41, 5.74) is 0.464. The van der Waals surface area contributed by atoms with Gasteiger partial charge in [-0.3, -0.25) is 4.79 Å². The van der Waals surface area contributed by atoms with E-state index < -0.39 is 24.7 Å². The van der Waals surface area contributed by atoms with Gasteiger partial charge in [0.25, 0.3) is 0 Å². The van der Waals surface area contributed by atoms with Crippen LogP contribution in [-0.2, 0) is 9.53 Å². The number of ether oxygens (including phenoxy) is 1. The summed E-state index contributed by atoms with van der Waals surface area (Å²) in [5, 5.41) is 4.94. The molecule has 26 heavy (non-hydrogen) atoms. The maximum atomic E-state index is 12.5. The van der Waals surface area contributed by atoms with Gasteiger partial charge in [-0.2, -0.15) is 13.2 Å². The Labute approximate surface area is 149 Å². The molecular formula is C17H22F3N3O3. The molecule has 1 heterocycles. The third-order valence-corrected chi connectivity index (χ3v) is 3.98. The Morgan fingerprint density at radius 1 is 1.27 bits per heavy atom. The van der Waals surface area contributed by atoms with Gasteiger partial charge in [-0.05, 0) is 31.9 Å². The highest BCUT2D eigenvalue weighted by Gasteiger charge is 2.30. The van der Waals surface area contributed by atoms with Crippen molar-refractivity contribution >= 4 is 23.4 Å². The summed E-state index contributed by atoms with van der Waals surface area (Å²) in [5.74, 6) is -0.774. The summed E-state index contributed by atoms with van der Waals surface area (Å²) in [6.45, 7) is 1.51. The molecule has 6 nitrogen and oxygen atoms in total. The predicted molar refractivity (Wildman–Crippen MR) is 90.9 cm³/mol. The molecule has 1 atom stereocenters. The molecule has 0 bridgehead atoms. The molecule has 2 N–H and O–H groups in total. The van der Waals surface area contributed by atoms with Crippen molar-refractivity contribution in [2.45, 2.75) is 25.9 Å². The number of carbonyl (C=O) groups excluding carboxylic acids is 2. The average molecular weight is 373 g/mol. The maximum absolute atomic E-state index is 12.5. The van der Waals surface area contributed by atoms with Crippen LogP contribution >= 0.6 is 0 Å². The van der Waals surface area contributed by atoms with Gasteiger partial charge in [-0.15, -0.1) is 0 Å². The highest BCUT2D eigenvalue weighted by Crippen LogP contribution is 2.25. The molecule has 1 saturated heterocycles. The van der Waals surface area contributed by atoms with E-state index in [9.17, 15) is 22.8 Å². The van der Waals surface area contributed by atoms with E-state index in [0.717, 1.165) is 0 Å². The molecule has 2 rings (SSSR count). The van der Waals surface area contributed by atoms with E-state index >= 15 is 0 Å². The highest BCUT2D eigenvalue weighted by atomic mass is 19.4. The number of carbonyl (C=O) groups is 2. The molecule has 1 fully saturated rings. The Hall–Kier alpha value is -2.45. The topological polar surface area (TPSA) is 70.7 Å². The van der Waals surface area contributed by atoms with Gasteiger partial charge in [-0.25, -0.2) is 4.79 Å². The van der Waals surface area contributed by atoms with Crippen LogP contribution in [0.3, 0.4) is 0 Å². The number of nitrogens with zero attached hydrogens (tertiary/aromatic N) is 1. The van der Waals surface area contributed by atoms with Gasteiger partial charge < -0.3 is 20.3 Å². The van der Waals surface area contributed by atoms with E-state index in [-0.39, 0.29) is 30.4 Å². The summed E-state index contributed by atoms with van der Waals surface area (Å²) < 4.78 is 42.2. The molecule has 1 aliphatic heterocycles. The first-order valence-corrected chi connectivity index (χ1v) is 8.42. The fraction of sp³-hybridized carbons (Fsp3) is 0.529. The molecule has 0 aliphatic carbocycles. The number of anilines is 2. The predicted octanol–water partition coefficient (Wildman–Crippen LogP) is 3.47. The monoisotopic (exact) mass is 373 g/mol. The first-order valence-electron chi connectivity index (χ1n) is 8.42. The van der Waals surface area contributed by atoms with E-state index in [1.807, 2.05) is 0 Å². The summed E-state index contributed by atoms with van der Waals surface area (Å²) in [6.07, 6.45) is -3.57. The zero-order valence-electron chi connectivity index (χ0n) is 14.4. The van der Waals surface area contributed by atoms with Gasteiger partial charge in [0, 0.05) is 13.1 Å². The largest absolute Gasteiger partial charge is 0.450 e. The number of para-hydroxylation sites is 2. The number of hydrogen-bond donors (Lipinski definition) is 2. The second-order valence-corrected chi connectivity index (χ2v) is 5.99. The molecule has 0 aromatic heterocycles. The van der Waals surface area contributed by atoms with Crippen molar-refractivity contribution < 1.29 is 27.5 Å². The van der Waals surface area contributed by atoms with Crippen molar-refractivity contribution in [3.05, 3.63) is 24.3 Å². The molecule has 1 aromatic rings. The summed E-state index contributed by atoms with van der Waals surface area (Å²) in [4.78, 5) is 25.8. The zero-order valence-corrected chi connectivity index (χ0v) is 14.4. The number of benzene rings is 1. The molecule has 0 saturated carbocycles. The third kappa shape index (κ3) is 5.82. The van der Waals surface area contributed by atoms with E-state index in [2.05, 4.69) is 10.6 Å². The number of amides is 2. The Morgan fingerprint density at radius 3 is 2.62 bits per heavy atom. The number of piperidine rings is 1. The standard InChI is InChI=1S/C17H22F3N3O3/c1-2-26-16(25)23-9-5-6-12(10-23)15(24)22-14-8-4-3-7-13(14)21-11-17(18,19)20/h3-4,7-8,12,21H,2,5-6,9-11H2,1H3,(H,22,24). The quantitative estimate of drug-likeness (QED) is 0.829. The van der Waals surface area contributed by atoms with E-state index in [1.54, 1.807) is 19.1 Å². The van der Waals surface area contributed by atoms with Crippen LogP contribution in [0.4, 0.5) is 29.3 Å². The highest BCUT2D eigenvalue weighted by molar-refractivity contribution is 5.96. The van der Waals surface area contributed by atoms with Crippen molar-refractivity contribution in [3.8, 4) is 0 Å². The number of alkyl halides is 3. The number of rotatable bonds is 5. The number of hydrogen-bond acceptors (Lipinski definition) is 4. The first-order chi connectivity index (χ1) is 12.3. The van der Waals surface area contributed by atoms with Crippen molar-refractivity contribution in [3.63, 3.8) is 0 Å². The van der Waals surface area contributed by atoms with Crippen molar-refractivity contribution in [2.24, 2.45) is 5.92 Å². The van der Waals surface area contributed by atoms with Crippen LogP contribution in [0.2, 0.25) is 0 Å². The minimum absolute atomic E-state index is 0.191. The van der Waals surface area contributed by atoms with Gasteiger partial charge in [0.2, 0.25) is 5.91 Å². The number of nitrogens with one attached hydrogen (secondary N) is 2. The lowest BCUT2D eigenvalue weighted by molar-refractivity contribution is -0.121. The lowest BCUT2D eigenvalue weighted by Gasteiger charge is -2.31. The van der Waals surface area contributed by atoms with Gasteiger partial charge in [-0.1, -0.05) is 12.1 Å². The maximum Gasteiger partial charge on any atom is 0.409 e. The van der Waals surface area contributed by atoms with Crippen LogP contribution in [-0.4, -0.2) is 49.3 Å². The van der Waals surface area contributed by atoms with Crippen LogP contribution in [0, 0.1) is 5.92 Å². The third-order valence-electron chi connectivity index (χ3n) is 3.98. The summed E-state index contributed by atoms with van der Waals surface area (Å²) in [6, 6.07) is 6.20. The van der Waals surface area contributed by atoms with Crippen LogP contribution in [0.15, 0.2) is 24.3 Å². The van der Waals surface area contributed by atoms with Crippen LogP contribution in [0.1, 0.15) is 19.8 Å². The van der Waals surface area contributed by atoms with Crippen molar-refractivity contribution in [2.75, 3.05) is 36.9 Å². The van der Waals surface area contributed by atoms with Gasteiger partial charge >= 0.3 is 12.3 Å². The van der Waals surface area contributed by atoms with E-state index in [1.165, 1.54) is 17.0 Å². The Balaban J connectivity index is 2.00. The summed E-state index contributed by atoms with van der Waals surface area (Å²) >= 11 is 0. The van der Waals surface area contributed by atoms with E-state index in [0.29, 0.717) is 19.4 Å². The fourth-order valence-corrected chi connectivity index (χ4v) is 2.75. The number of halogens is 3. The van der Waals surface area contributed by atoms with Gasteiger partial charge in [0.1, 0.15) is 6.54 Å². The van der Waals surface area contributed by atoms with Crippen LogP contribution in [0.25, 0.3) is 0 Å². The Bertz CT molecular complexity index is 637. The lowest BCUT2D eigenvalue weighted by atomic mass is 9.97. The van der Waals surface area contributed by atoms with Crippen LogP contribution < -0.4 is 10.6 Å². The molecule has 1 aliphatic rings. The smallest absolute Gasteiger partial charge is 0.409 e. The molecule has 2 amide bonds. The van der Waals surface area contributed by atoms with Crippen LogP contribution in [0.5, 0.6) is 0 Å².